The summed E-state index contributed by atoms with van der Waals surface area (Å²) < 4.78 is 9.47. The first-order valence-electron chi connectivity index (χ1n) is 21.3. The number of rotatable bonds is 20. The molecule has 2 atom stereocenters. The minimum Gasteiger partial charge on any atom is -0.468 e. The Morgan fingerprint density at radius 2 is 0.871 bits per heavy atom. The number of benzene rings is 4. The number of carbonyl (C=O) groups excluding carboxylic acids is 10. The van der Waals surface area contributed by atoms with E-state index in [0.717, 1.165) is 0 Å². The molecule has 18 nitrogen and oxygen atoms in total. The number of halogens is 2. The third kappa shape index (κ3) is 13.1. The van der Waals surface area contributed by atoms with Crippen molar-refractivity contribution in [1.29, 1.82) is 0 Å². The first kappa shape index (κ1) is 54.5. The van der Waals surface area contributed by atoms with Gasteiger partial charge in [-0.2, -0.15) is 23.5 Å². The first-order valence-corrected chi connectivity index (χ1v) is 25.1. The van der Waals surface area contributed by atoms with Crippen LogP contribution in [0.1, 0.15) is 76.5 Å². The highest BCUT2D eigenvalue weighted by Gasteiger charge is 2.36. The van der Waals surface area contributed by atoms with Gasteiger partial charge in [0.1, 0.15) is 17.8 Å². The Morgan fingerprint density at radius 3 is 1.24 bits per heavy atom. The van der Waals surface area contributed by atoms with Gasteiger partial charge in [-0.1, -0.05) is 48.5 Å². The Bertz CT molecular complexity index is 2660. The number of hydrogen-bond acceptors (Lipinski definition) is 16. The van der Waals surface area contributed by atoms with Gasteiger partial charge in [-0.05, 0) is 61.1 Å². The highest BCUT2D eigenvalue weighted by Crippen LogP contribution is 2.37. The van der Waals surface area contributed by atoms with E-state index in [0.29, 0.717) is 24.3 Å². The van der Waals surface area contributed by atoms with Crippen LogP contribution in [0.2, 0.25) is 0 Å². The Kier molecular flexibility index (Phi) is 20.2. The van der Waals surface area contributed by atoms with Crippen LogP contribution < -0.4 is 31.9 Å². The predicted octanol–water partition coefficient (Wildman–Crippen LogP) is 4.92. The van der Waals surface area contributed by atoms with Crippen LogP contribution >= 0.6 is 46.7 Å². The lowest BCUT2D eigenvalue weighted by molar-refractivity contribution is -0.143. The largest absolute Gasteiger partial charge is 0.468 e. The molecule has 0 aromatic heterocycles. The van der Waals surface area contributed by atoms with Gasteiger partial charge in [0, 0.05) is 22.3 Å². The minimum absolute atomic E-state index is 0.00224. The Morgan fingerprint density at radius 1 is 0.500 bits per heavy atom. The zero-order valence-corrected chi connectivity index (χ0v) is 41.4. The van der Waals surface area contributed by atoms with E-state index in [9.17, 15) is 47.9 Å². The van der Waals surface area contributed by atoms with E-state index in [1.807, 2.05) is 12.5 Å². The summed E-state index contributed by atoms with van der Waals surface area (Å²) in [6, 6.07) is 16.9. The van der Waals surface area contributed by atoms with Gasteiger partial charge in [-0.3, -0.25) is 58.6 Å². The summed E-state index contributed by atoms with van der Waals surface area (Å²) in [4.78, 5) is 127. The van der Waals surface area contributed by atoms with Crippen molar-refractivity contribution in [2.24, 2.45) is 0 Å². The van der Waals surface area contributed by atoms with Gasteiger partial charge in [0.05, 0.1) is 78.4 Å². The van der Waals surface area contributed by atoms with E-state index >= 15 is 0 Å². The normalized spacial score (nSPS) is 12.9. The number of hydrogen-bond donors (Lipinski definition) is 6. The molecule has 2 aliphatic rings. The number of carbonyl (C=O) groups is 10. The van der Waals surface area contributed by atoms with Crippen molar-refractivity contribution in [3.63, 3.8) is 0 Å². The van der Waals surface area contributed by atoms with Crippen LogP contribution in [0, 0.1) is 0 Å². The van der Waals surface area contributed by atoms with E-state index in [1.165, 1.54) is 74.5 Å². The lowest BCUT2D eigenvalue weighted by Gasteiger charge is -2.24. The number of ketones is 4. The molecule has 0 fully saturated rings. The third-order valence-corrected chi connectivity index (χ3v) is 12.5. The van der Waals surface area contributed by atoms with E-state index in [2.05, 4.69) is 36.6 Å². The fourth-order valence-corrected chi connectivity index (χ4v) is 8.50. The van der Waals surface area contributed by atoms with Crippen LogP contribution in [0.4, 0.5) is 22.7 Å². The summed E-state index contributed by atoms with van der Waals surface area (Å²) in [5.74, 6) is -4.19. The summed E-state index contributed by atoms with van der Waals surface area (Å²) >= 11 is 14.1. The number of alkyl halides is 2. The minimum atomic E-state index is -0.772. The molecule has 368 valence electrons. The molecule has 0 bridgehead atoms. The molecule has 6 N–H and O–H groups in total. The quantitative estimate of drug-likeness (QED) is 0.0438. The number of anilines is 4. The number of amides is 4. The van der Waals surface area contributed by atoms with E-state index in [1.54, 1.807) is 36.0 Å². The van der Waals surface area contributed by atoms with Crippen LogP contribution in [0.5, 0.6) is 0 Å². The Labute approximate surface area is 420 Å². The molecular weight excluding hydrogens is 988 g/mol. The van der Waals surface area contributed by atoms with Crippen LogP contribution in [0.3, 0.4) is 0 Å². The maximum atomic E-state index is 14.0. The number of nitrogens with one attached hydrogen (secondary N) is 6. The van der Waals surface area contributed by atoms with Gasteiger partial charge in [0.25, 0.3) is 0 Å². The molecule has 0 saturated carbocycles. The number of methoxy groups -OCH3 is 2. The average molecular weight is 1040 g/mol. The Hall–Kier alpha value is -6.42. The van der Waals surface area contributed by atoms with Crippen molar-refractivity contribution in [2.75, 3.05) is 84.4 Å². The van der Waals surface area contributed by atoms with Crippen LogP contribution in [0.15, 0.2) is 72.8 Å². The van der Waals surface area contributed by atoms with Gasteiger partial charge >= 0.3 is 11.9 Å². The van der Waals surface area contributed by atoms with Crippen LogP contribution in [-0.2, 0) is 38.2 Å². The Balaban J connectivity index is 0.000000297. The molecule has 6 rings (SSSR count). The fraction of sp³-hybridized carbons (Fsp3) is 0.292. The molecule has 4 aromatic rings. The molecule has 4 amide bonds. The van der Waals surface area contributed by atoms with E-state index in [4.69, 9.17) is 27.9 Å². The van der Waals surface area contributed by atoms with Gasteiger partial charge in [0.2, 0.25) is 23.6 Å². The highest BCUT2D eigenvalue weighted by atomic mass is 35.5. The maximum Gasteiger partial charge on any atom is 0.322 e. The summed E-state index contributed by atoms with van der Waals surface area (Å²) in [5.41, 5.74) is 1.33. The lowest BCUT2D eigenvalue weighted by atomic mass is 9.82. The van der Waals surface area contributed by atoms with Crippen molar-refractivity contribution in [1.82, 2.24) is 10.6 Å². The summed E-state index contributed by atoms with van der Waals surface area (Å²) in [6.45, 7) is -0.426. The van der Waals surface area contributed by atoms with Gasteiger partial charge in [-0.25, -0.2) is 0 Å². The molecule has 22 heteroatoms. The molecule has 0 unspecified atom stereocenters. The molecule has 2 aliphatic carbocycles. The average Bonchev–Trinajstić information content (AvgIpc) is 3.36. The van der Waals surface area contributed by atoms with Gasteiger partial charge < -0.3 is 30.7 Å². The van der Waals surface area contributed by atoms with E-state index in [-0.39, 0.29) is 97.9 Å². The zero-order valence-electron chi connectivity index (χ0n) is 38.2. The molecule has 0 saturated heterocycles. The smallest absolute Gasteiger partial charge is 0.322 e. The zero-order chi connectivity index (χ0) is 51.1. The second-order valence-electron chi connectivity index (χ2n) is 15.2. The van der Waals surface area contributed by atoms with Gasteiger partial charge in [0.15, 0.2) is 23.1 Å². The number of thioether (sulfide) groups is 2. The number of ether oxygens (including phenoxy) is 2. The van der Waals surface area contributed by atoms with Gasteiger partial charge in [-0.15, -0.1) is 23.2 Å². The van der Waals surface area contributed by atoms with Crippen LogP contribution in [-0.4, -0.2) is 134 Å². The SMILES string of the molecule is COC(=O)CN[C@H](CCSC)C(=O)Nc1cccc2c1C(=O)c1c(NC(=O)CN[C@H](CCSC)C(=O)OC)cccc1C2=O.O=C(CCl)Nc1cccc2c1C(=O)c1c(NC(=O)CCl)cccc1C2=O. The standard InChI is InChI=1S/C30H36N4O8S2.C18H12Cl2N2O4/c1-41-24(36)16-32-21(11-13-43-3)29(39)34-20-10-6-8-18-26(20)28(38)25-17(27(18)37)7-5-9-19(25)33-23(35)15-31-22(12-14-44-4)30(40)42-2;19-7-13(23)21-11-5-1-3-9-15(11)18(26)16-10(17(9)25)4-2-6-12(16)22-14(24)8-20/h5-10,21-22,31-32H,11-16H2,1-4H3,(H,33,35)(H,34,39);1-6H,7-8H2,(H,21,23)(H,22,24)/t21-,22-;/m1./s1. The number of esters is 2. The van der Waals surface area contributed by atoms with E-state index < -0.39 is 65.0 Å². The second kappa shape index (κ2) is 26.0. The molecule has 4 aromatic carbocycles. The molecule has 0 heterocycles. The van der Waals surface area contributed by atoms with Crippen molar-refractivity contribution >= 4 is 128 Å². The van der Waals surface area contributed by atoms with Crippen molar-refractivity contribution < 1.29 is 57.4 Å². The summed E-state index contributed by atoms with van der Waals surface area (Å²) in [6.07, 6.45) is 4.64. The molecule has 0 spiro atoms. The predicted molar refractivity (Wildman–Crippen MR) is 269 cm³/mol. The highest BCUT2D eigenvalue weighted by molar-refractivity contribution is 7.98. The second-order valence-corrected chi connectivity index (χ2v) is 17.7. The molecular formula is C48H48Cl2N6O12S2. The first-order chi connectivity index (χ1) is 33.6. The summed E-state index contributed by atoms with van der Waals surface area (Å²) in [7, 11) is 2.52. The van der Waals surface area contributed by atoms with Crippen molar-refractivity contribution in [3.05, 3.63) is 117 Å². The summed E-state index contributed by atoms with van der Waals surface area (Å²) in [5, 5.41) is 16.2. The maximum absolute atomic E-state index is 14.0. The molecule has 70 heavy (non-hydrogen) atoms. The van der Waals surface area contributed by atoms with Crippen molar-refractivity contribution in [3.8, 4) is 0 Å². The lowest BCUT2D eigenvalue weighted by Crippen LogP contribution is -2.43. The third-order valence-electron chi connectivity index (χ3n) is 10.7. The van der Waals surface area contributed by atoms with Crippen LogP contribution in [0.25, 0.3) is 0 Å². The monoisotopic (exact) mass is 1030 g/mol. The molecule has 0 aliphatic heterocycles. The molecule has 0 radical (unpaired) electrons. The topological polar surface area (TPSA) is 261 Å². The fourth-order valence-electron chi connectivity index (χ4n) is 7.42. The number of fused-ring (bicyclic) bond motifs is 4. The van der Waals surface area contributed by atoms with Crippen molar-refractivity contribution in [2.45, 2.75) is 24.9 Å².